The Hall–Kier alpha value is -1.94. The Morgan fingerprint density at radius 2 is 1.60 bits per heavy atom. The monoisotopic (exact) mass is 336 g/mol. The maximum absolute atomic E-state index is 5.96. The highest BCUT2D eigenvalue weighted by atomic mass is 17.2. The van der Waals surface area contributed by atoms with Crippen molar-refractivity contribution in [2.24, 2.45) is 0 Å². The Kier molecular flexibility index (Phi) is 4.71. The van der Waals surface area contributed by atoms with E-state index in [4.69, 9.17) is 14.5 Å². The molecule has 130 valence electrons. The molecule has 1 aliphatic carbocycles. The Labute approximate surface area is 149 Å². The molecular weight excluding hydrogens is 312 g/mol. The third-order valence-corrected chi connectivity index (χ3v) is 5.18. The first kappa shape index (κ1) is 16.5. The topological polar surface area (TPSA) is 27.7 Å². The van der Waals surface area contributed by atoms with Crippen molar-refractivity contribution in [3.05, 3.63) is 66.7 Å². The van der Waals surface area contributed by atoms with Crippen LogP contribution in [0.1, 0.15) is 37.7 Å². The number of hydrogen-bond acceptors (Lipinski definition) is 3. The Balaban J connectivity index is 1.45. The van der Waals surface area contributed by atoms with Crippen LogP contribution in [0.5, 0.6) is 0 Å². The number of hydrogen-bond donors (Lipinski definition) is 0. The van der Waals surface area contributed by atoms with E-state index < -0.39 is 5.79 Å². The molecule has 25 heavy (non-hydrogen) atoms. The van der Waals surface area contributed by atoms with Crippen molar-refractivity contribution in [2.75, 3.05) is 6.61 Å². The Bertz CT molecular complexity index is 715. The third kappa shape index (κ3) is 3.54. The molecule has 0 N–H and O–H groups in total. The largest absolute Gasteiger partial charge is 0.347 e. The highest BCUT2D eigenvalue weighted by Gasteiger charge is 2.40. The third-order valence-electron chi connectivity index (χ3n) is 5.18. The van der Waals surface area contributed by atoms with Crippen LogP contribution in [-0.4, -0.2) is 18.5 Å². The summed E-state index contributed by atoms with van der Waals surface area (Å²) in [5.74, 6) is -0.522. The Morgan fingerprint density at radius 3 is 2.32 bits per heavy atom. The van der Waals surface area contributed by atoms with Crippen LogP contribution in [0.25, 0.3) is 16.7 Å². The van der Waals surface area contributed by atoms with E-state index in [1.807, 2.05) is 6.07 Å². The van der Waals surface area contributed by atoms with Gasteiger partial charge in [0.1, 0.15) is 6.10 Å². The van der Waals surface area contributed by atoms with Gasteiger partial charge in [-0.3, -0.25) is 0 Å². The quantitative estimate of drug-likeness (QED) is 0.705. The molecule has 3 nitrogen and oxygen atoms in total. The normalized spacial score (nSPS) is 22.6. The van der Waals surface area contributed by atoms with Crippen molar-refractivity contribution in [2.45, 2.75) is 44.0 Å². The molecular formula is C22H24O3. The standard InChI is InChI=1S/C22H24O3/c1-17(21-13-16-23-22(25-24-21)14-5-6-15-22)18-9-11-20(12-10-18)19-7-3-2-4-8-19/h2-4,7-12,21H,1,5-6,13-16H2. The summed E-state index contributed by atoms with van der Waals surface area (Å²) in [6, 6.07) is 18.8. The molecule has 1 spiro atoms. The molecule has 1 atom stereocenters. The summed E-state index contributed by atoms with van der Waals surface area (Å²) in [6.07, 6.45) is 4.70. The SMILES string of the molecule is C=C(c1ccc(-c2ccccc2)cc1)C1CCOC2(CCCC2)OO1. The second kappa shape index (κ2) is 7.12. The van der Waals surface area contributed by atoms with Gasteiger partial charge in [0.15, 0.2) is 0 Å². The van der Waals surface area contributed by atoms with Crippen LogP contribution in [0.15, 0.2) is 61.2 Å². The molecule has 1 saturated carbocycles. The molecule has 1 unspecified atom stereocenters. The summed E-state index contributed by atoms with van der Waals surface area (Å²) >= 11 is 0. The van der Waals surface area contributed by atoms with Crippen LogP contribution in [-0.2, 0) is 14.5 Å². The first-order valence-electron chi connectivity index (χ1n) is 9.09. The maximum atomic E-state index is 5.96. The zero-order valence-electron chi connectivity index (χ0n) is 14.4. The molecule has 1 heterocycles. The fraction of sp³-hybridized carbons (Fsp3) is 0.364. The van der Waals surface area contributed by atoms with Gasteiger partial charge in [0.25, 0.3) is 0 Å². The fourth-order valence-electron chi connectivity index (χ4n) is 3.64. The minimum atomic E-state index is -0.522. The summed E-state index contributed by atoms with van der Waals surface area (Å²) in [5, 5.41) is 0. The van der Waals surface area contributed by atoms with E-state index in [-0.39, 0.29) is 6.10 Å². The van der Waals surface area contributed by atoms with Crippen molar-refractivity contribution in [1.82, 2.24) is 0 Å². The van der Waals surface area contributed by atoms with Gasteiger partial charge in [-0.25, -0.2) is 9.78 Å². The summed E-state index contributed by atoms with van der Waals surface area (Å²) in [7, 11) is 0. The maximum Gasteiger partial charge on any atom is 0.201 e. The van der Waals surface area contributed by atoms with E-state index >= 15 is 0 Å². The van der Waals surface area contributed by atoms with Crippen molar-refractivity contribution < 1.29 is 14.5 Å². The lowest BCUT2D eigenvalue weighted by atomic mass is 9.97. The zero-order chi connectivity index (χ0) is 17.1. The van der Waals surface area contributed by atoms with Gasteiger partial charge in [0, 0.05) is 19.3 Å². The highest BCUT2D eigenvalue weighted by molar-refractivity contribution is 5.71. The molecule has 0 aromatic heterocycles. The molecule has 2 fully saturated rings. The van der Waals surface area contributed by atoms with Crippen LogP contribution >= 0.6 is 0 Å². The van der Waals surface area contributed by atoms with Crippen molar-refractivity contribution >= 4 is 5.57 Å². The minimum Gasteiger partial charge on any atom is -0.347 e. The second-order valence-electron chi connectivity index (χ2n) is 6.89. The van der Waals surface area contributed by atoms with Crippen LogP contribution in [0.2, 0.25) is 0 Å². The van der Waals surface area contributed by atoms with Crippen LogP contribution in [0.4, 0.5) is 0 Å². The van der Waals surface area contributed by atoms with Gasteiger partial charge < -0.3 is 4.74 Å². The lowest BCUT2D eigenvalue weighted by Crippen LogP contribution is -2.31. The second-order valence-corrected chi connectivity index (χ2v) is 6.89. The van der Waals surface area contributed by atoms with Gasteiger partial charge in [-0.2, -0.15) is 0 Å². The average Bonchev–Trinajstić information content (AvgIpc) is 3.03. The number of benzene rings is 2. The van der Waals surface area contributed by atoms with Crippen LogP contribution in [0, 0.1) is 0 Å². The molecule has 2 aliphatic rings. The molecule has 1 saturated heterocycles. The van der Waals surface area contributed by atoms with Crippen molar-refractivity contribution in [3.8, 4) is 11.1 Å². The first-order valence-corrected chi connectivity index (χ1v) is 9.09. The molecule has 2 aromatic carbocycles. The van der Waals surface area contributed by atoms with Gasteiger partial charge in [0.2, 0.25) is 5.79 Å². The van der Waals surface area contributed by atoms with Gasteiger partial charge in [-0.15, -0.1) is 0 Å². The molecule has 0 bridgehead atoms. The van der Waals surface area contributed by atoms with Gasteiger partial charge >= 0.3 is 0 Å². The minimum absolute atomic E-state index is 0.164. The predicted molar refractivity (Wildman–Crippen MR) is 98.6 cm³/mol. The van der Waals surface area contributed by atoms with Gasteiger partial charge in [0.05, 0.1) is 6.61 Å². The van der Waals surface area contributed by atoms with E-state index in [1.165, 1.54) is 11.1 Å². The summed E-state index contributed by atoms with van der Waals surface area (Å²) in [5.41, 5.74) is 4.43. The molecule has 0 radical (unpaired) electrons. The molecule has 4 rings (SSSR count). The first-order chi connectivity index (χ1) is 12.3. The van der Waals surface area contributed by atoms with Crippen molar-refractivity contribution in [1.29, 1.82) is 0 Å². The van der Waals surface area contributed by atoms with Crippen LogP contribution in [0.3, 0.4) is 0 Å². The average molecular weight is 336 g/mol. The van der Waals surface area contributed by atoms with E-state index in [2.05, 4.69) is 55.1 Å². The number of ether oxygens (including phenoxy) is 1. The summed E-state index contributed by atoms with van der Waals surface area (Å²) in [4.78, 5) is 11.5. The van der Waals surface area contributed by atoms with E-state index in [0.29, 0.717) is 6.61 Å². The smallest absolute Gasteiger partial charge is 0.201 e. The Morgan fingerprint density at radius 1 is 0.920 bits per heavy atom. The molecule has 2 aromatic rings. The zero-order valence-corrected chi connectivity index (χ0v) is 14.4. The fourth-order valence-corrected chi connectivity index (χ4v) is 3.64. The summed E-state index contributed by atoms with van der Waals surface area (Å²) < 4.78 is 5.96. The number of rotatable bonds is 3. The van der Waals surface area contributed by atoms with Crippen molar-refractivity contribution in [3.63, 3.8) is 0 Å². The predicted octanol–water partition coefficient (Wildman–Crippen LogP) is 5.37. The molecule has 0 amide bonds. The van der Waals surface area contributed by atoms with E-state index in [1.54, 1.807) is 0 Å². The lowest BCUT2D eigenvalue weighted by Gasteiger charge is -2.25. The van der Waals surface area contributed by atoms with Gasteiger partial charge in [-0.05, 0) is 35.1 Å². The van der Waals surface area contributed by atoms with Crippen LogP contribution < -0.4 is 0 Å². The van der Waals surface area contributed by atoms with E-state index in [0.717, 1.165) is 43.2 Å². The molecule has 3 heteroatoms. The summed E-state index contributed by atoms with van der Waals surface area (Å²) in [6.45, 7) is 4.89. The highest BCUT2D eigenvalue weighted by Crippen LogP contribution is 2.38. The van der Waals surface area contributed by atoms with Gasteiger partial charge in [-0.1, -0.05) is 61.2 Å². The molecule has 1 aliphatic heterocycles. The van der Waals surface area contributed by atoms with E-state index in [9.17, 15) is 0 Å². The lowest BCUT2D eigenvalue weighted by molar-refractivity contribution is -0.420.